The Balaban J connectivity index is 1.78. The Morgan fingerprint density at radius 2 is 1.89 bits per heavy atom. The number of rotatable bonds is 6. The van der Waals surface area contributed by atoms with E-state index in [2.05, 4.69) is 23.6 Å². The first-order chi connectivity index (χ1) is 9.06. The van der Waals surface area contributed by atoms with Gasteiger partial charge >= 0.3 is 0 Å². The average molecular weight is 267 g/mol. The molecule has 1 heterocycles. The second-order valence-corrected chi connectivity index (χ2v) is 6.61. The molecule has 0 unspecified atom stereocenters. The number of hydrogen-bond acceptors (Lipinski definition) is 3. The van der Waals surface area contributed by atoms with E-state index < -0.39 is 0 Å². The van der Waals surface area contributed by atoms with Crippen LogP contribution in [0.5, 0.6) is 0 Å². The number of hydrogen-bond donors (Lipinski definition) is 1. The molecule has 1 aliphatic carbocycles. The van der Waals surface area contributed by atoms with Crippen LogP contribution in [0, 0.1) is 5.92 Å². The smallest absolute Gasteiger partial charge is 0.236 e. The Morgan fingerprint density at radius 3 is 2.42 bits per heavy atom. The monoisotopic (exact) mass is 267 g/mol. The third-order valence-corrected chi connectivity index (χ3v) is 4.25. The highest BCUT2D eigenvalue weighted by molar-refractivity contribution is 5.79. The van der Waals surface area contributed by atoms with Crippen LogP contribution in [0.4, 0.5) is 0 Å². The number of nitrogens with two attached hydrogens (primary N) is 1. The first-order valence-electron chi connectivity index (χ1n) is 7.83. The number of carbonyl (C=O) groups is 1. The van der Waals surface area contributed by atoms with Gasteiger partial charge in [-0.15, -0.1) is 0 Å². The van der Waals surface area contributed by atoms with Gasteiger partial charge in [-0.2, -0.15) is 0 Å². The predicted molar refractivity (Wildman–Crippen MR) is 77.8 cm³/mol. The number of carbonyl (C=O) groups excluding carboxylic acids is 1. The van der Waals surface area contributed by atoms with Crippen LogP contribution < -0.4 is 5.73 Å². The largest absolute Gasteiger partial charge is 0.339 e. The summed E-state index contributed by atoms with van der Waals surface area (Å²) in [6.07, 6.45) is 5.59. The summed E-state index contributed by atoms with van der Waals surface area (Å²) in [6.45, 7) is 7.95. The van der Waals surface area contributed by atoms with Crippen molar-refractivity contribution in [1.82, 2.24) is 9.80 Å². The Bertz CT molecular complexity index is 294. The van der Waals surface area contributed by atoms with Crippen LogP contribution in [0.1, 0.15) is 46.0 Å². The van der Waals surface area contributed by atoms with Crippen molar-refractivity contribution in [2.24, 2.45) is 11.7 Å². The van der Waals surface area contributed by atoms with Crippen molar-refractivity contribution >= 4 is 5.91 Å². The van der Waals surface area contributed by atoms with Crippen molar-refractivity contribution in [3.8, 4) is 0 Å². The van der Waals surface area contributed by atoms with Crippen molar-refractivity contribution in [3.63, 3.8) is 0 Å². The first-order valence-corrected chi connectivity index (χ1v) is 7.83. The third-order valence-electron chi connectivity index (χ3n) is 4.25. The number of piperidine rings is 1. The fourth-order valence-corrected chi connectivity index (χ4v) is 2.69. The normalized spacial score (nSPS) is 21.9. The van der Waals surface area contributed by atoms with Crippen molar-refractivity contribution in [2.75, 3.05) is 26.2 Å². The molecule has 2 rings (SSSR count). The molecule has 4 heteroatoms. The first kappa shape index (κ1) is 14.8. The van der Waals surface area contributed by atoms with Crippen molar-refractivity contribution in [1.29, 1.82) is 0 Å². The fourth-order valence-electron chi connectivity index (χ4n) is 2.69. The highest BCUT2D eigenvalue weighted by Crippen LogP contribution is 2.27. The van der Waals surface area contributed by atoms with Gasteiger partial charge < -0.3 is 10.6 Å². The number of likely N-dealkylation sites (tertiary alicyclic amines) is 1. The molecule has 4 nitrogen and oxygen atoms in total. The molecular formula is C15H29N3O. The molecule has 2 fully saturated rings. The van der Waals surface area contributed by atoms with Crippen molar-refractivity contribution < 1.29 is 4.79 Å². The van der Waals surface area contributed by atoms with Gasteiger partial charge in [0.25, 0.3) is 0 Å². The second kappa shape index (κ2) is 6.71. The molecule has 0 atom stereocenters. The Morgan fingerprint density at radius 1 is 1.26 bits per heavy atom. The highest BCUT2D eigenvalue weighted by Gasteiger charge is 2.33. The Labute approximate surface area is 117 Å². The van der Waals surface area contributed by atoms with E-state index in [1.54, 1.807) is 0 Å². The molecule has 0 radical (unpaired) electrons. The maximum Gasteiger partial charge on any atom is 0.236 e. The van der Waals surface area contributed by atoms with Crippen LogP contribution >= 0.6 is 0 Å². The van der Waals surface area contributed by atoms with Crippen LogP contribution in [0.2, 0.25) is 0 Å². The van der Waals surface area contributed by atoms with Gasteiger partial charge in [0.05, 0.1) is 6.54 Å². The second-order valence-electron chi connectivity index (χ2n) is 6.61. The lowest BCUT2D eigenvalue weighted by Gasteiger charge is -2.32. The molecular weight excluding hydrogens is 238 g/mol. The zero-order valence-corrected chi connectivity index (χ0v) is 12.5. The summed E-state index contributed by atoms with van der Waals surface area (Å²) in [7, 11) is 0. The SMILES string of the molecule is CC(C)CCN(C(=O)CN1CCC(N)CC1)C1CC1. The molecule has 19 heavy (non-hydrogen) atoms. The fraction of sp³-hybridized carbons (Fsp3) is 0.933. The van der Waals surface area contributed by atoms with Crippen LogP contribution in [0.3, 0.4) is 0 Å². The Hall–Kier alpha value is -0.610. The molecule has 1 saturated carbocycles. The van der Waals surface area contributed by atoms with E-state index in [9.17, 15) is 4.79 Å². The van der Waals surface area contributed by atoms with Crippen molar-refractivity contribution in [3.05, 3.63) is 0 Å². The van der Waals surface area contributed by atoms with E-state index in [1.807, 2.05) is 0 Å². The molecule has 1 saturated heterocycles. The van der Waals surface area contributed by atoms with E-state index in [-0.39, 0.29) is 0 Å². The summed E-state index contributed by atoms with van der Waals surface area (Å²) < 4.78 is 0. The molecule has 1 amide bonds. The van der Waals surface area contributed by atoms with Crippen molar-refractivity contribution in [2.45, 2.75) is 58.0 Å². The quantitative estimate of drug-likeness (QED) is 0.792. The van der Waals surface area contributed by atoms with E-state index in [0.717, 1.165) is 38.9 Å². The summed E-state index contributed by atoms with van der Waals surface area (Å²) in [5.41, 5.74) is 5.90. The lowest BCUT2D eigenvalue weighted by atomic mass is 10.1. The molecule has 2 N–H and O–H groups in total. The molecule has 0 aromatic carbocycles. The number of nitrogens with zero attached hydrogens (tertiary/aromatic N) is 2. The maximum absolute atomic E-state index is 12.4. The Kier molecular flexibility index (Phi) is 5.22. The van der Waals surface area contributed by atoms with Gasteiger partial charge in [-0.3, -0.25) is 9.69 Å². The molecule has 1 aliphatic heterocycles. The third kappa shape index (κ3) is 4.77. The minimum atomic E-state index is 0.332. The van der Waals surface area contributed by atoms with E-state index in [0.29, 0.717) is 30.5 Å². The van der Waals surface area contributed by atoms with Gasteiger partial charge in [0, 0.05) is 31.7 Å². The van der Waals surface area contributed by atoms with Crippen LogP contribution in [0.15, 0.2) is 0 Å². The van der Waals surface area contributed by atoms with E-state index in [1.165, 1.54) is 12.8 Å². The van der Waals surface area contributed by atoms with Gasteiger partial charge in [-0.05, 0) is 38.0 Å². The molecule has 0 bridgehead atoms. The molecule has 2 aliphatic rings. The summed E-state index contributed by atoms with van der Waals surface area (Å²) in [4.78, 5) is 16.8. The average Bonchev–Trinajstić information content (AvgIpc) is 3.16. The molecule has 0 aromatic heterocycles. The lowest BCUT2D eigenvalue weighted by molar-refractivity contribution is -0.133. The van der Waals surface area contributed by atoms with Crippen LogP contribution in [-0.2, 0) is 4.79 Å². The zero-order valence-electron chi connectivity index (χ0n) is 12.5. The summed E-state index contributed by atoms with van der Waals surface area (Å²) in [5.74, 6) is 1.00. The zero-order chi connectivity index (χ0) is 13.8. The standard InChI is InChI=1S/C15H29N3O/c1-12(2)5-10-18(14-3-4-14)15(19)11-17-8-6-13(16)7-9-17/h12-14H,3-11,16H2,1-2H3. The topological polar surface area (TPSA) is 49.6 Å². The number of amides is 1. The van der Waals surface area contributed by atoms with E-state index >= 15 is 0 Å². The summed E-state index contributed by atoms with van der Waals surface area (Å²) >= 11 is 0. The van der Waals surface area contributed by atoms with Crippen LogP contribution in [-0.4, -0.2) is 54.0 Å². The highest BCUT2D eigenvalue weighted by atomic mass is 16.2. The van der Waals surface area contributed by atoms with Gasteiger partial charge in [0.2, 0.25) is 5.91 Å². The van der Waals surface area contributed by atoms with Gasteiger partial charge in [0.15, 0.2) is 0 Å². The molecule has 0 aromatic rings. The minimum absolute atomic E-state index is 0.332. The summed E-state index contributed by atoms with van der Waals surface area (Å²) in [5, 5.41) is 0. The van der Waals surface area contributed by atoms with Crippen LogP contribution in [0.25, 0.3) is 0 Å². The maximum atomic E-state index is 12.4. The van der Waals surface area contributed by atoms with Gasteiger partial charge in [-0.1, -0.05) is 13.8 Å². The molecule has 110 valence electrons. The van der Waals surface area contributed by atoms with Gasteiger partial charge in [0.1, 0.15) is 0 Å². The summed E-state index contributed by atoms with van der Waals surface area (Å²) in [6, 6.07) is 0.880. The van der Waals surface area contributed by atoms with Gasteiger partial charge in [-0.25, -0.2) is 0 Å². The van der Waals surface area contributed by atoms with E-state index in [4.69, 9.17) is 5.73 Å². The molecule has 0 spiro atoms. The lowest BCUT2D eigenvalue weighted by Crippen LogP contribution is -2.46. The minimum Gasteiger partial charge on any atom is -0.339 e. The predicted octanol–water partition coefficient (Wildman–Crippen LogP) is 1.45.